The van der Waals surface area contributed by atoms with E-state index in [2.05, 4.69) is 4.98 Å². The highest BCUT2D eigenvalue weighted by Gasteiger charge is 2.16. The maximum atomic E-state index is 11.3. The minimum atomic E-state index is -0.290. The van der Waals surface area contributed by atoms with Gasteiger partial charge >= 0.3 is 5.97 Å². The van der Waals surface area contributed by atoms with Crippen LogP contribution in [0.25, 0.3) is 0 Å². The number of esters is 1. The minimum absolute atomic E-state index is 0.243. The van der Waals surface area contributed by atoms with E-state index in [1.165, 1.54) is 11.8 Å². The lowest BCUT2D eigenvalue weighted by atomic mass is 10.4. The van der Waals surface area contributed by atoms with Gasteiger partial charge in [0.25, 0.3) is 0 Å². The predicted octanol–water partition coefficient (Wildman–Crippen LogP) is 1.71. The molecule has 0 aliphatic heterocycles. The molecule has 0 spiro atoms. The van der Waals surface area contributed by atoms with Crippen molar-refractivity contribution in [3.8, 4) is 0 Å². The molecule has 5 heteroatoms. The van der Waals surface area contributed by atoms with Crippen molar-refractivity contribution in [3.63, 3.8) is 0 Å². The Balaban J connectivity index is 2.62. The highest BCUT2D eigenvalue weighted by atomic mass is 32.2. The molecule has 1 aromatic rings. The molecule has 2 N–H and O–H groups in total. The average Bonchev–Trinajstić information content (AvgIpc) is 2.21. The van der Waals surface area contributed by atoms with Crippen molar-refractivity contribution in [2.24, 2.45) is 0 Å². The SMILES string of the molecule is CCOC(=O)C(C)Sc1ncccc1N. The van der Waals surface area contributed by atoms with E-state index in [9.17, 15) is 4.79 Å². The first-order chi connectivity index (χ1) is 7.15. The number of anilines is 1. The van der Waals surface area contributed by atoms with E-state index >= 15 is 0 Å². The van der Waals surface area contributed by atoms with Gasteiger partial charge in [0.2, 0.25) is 0 Å². The number of nitrogen functional groups attached to an aromatic ring is 1. The summed E-state index contributed by atoms with van der Waals surface area (Å²) < 4.78 is 4.89. The van der Waals surface area contributed by atoms with Gasteiger partial charge in [-0.05, 0) is 26.0 Å². The number of rotatable bonds is 4. The number of nitrogens with zero attached hydrogens (tertiary/aromatic N) is 1. The number of ether oxygens (including phenoxy) is 1. The van der Waals surface area contributed by atoms with E-state index in [1.54, 1.807) is 32.2 Å². The Bertz CT molecular complexity index is 344. The second-order valence-corrected chi connectivity index (χ2v) is 4.24. The van der Waals surface area contributed by atoms with Gasteiger partial charge in [0.1, 0.15) is 10.3 Å². The lowest BCUT2D eigenvalue weighted by molar-refractivity contribution is -0.142. The smallest absolute Gasteiger partial charge is 0.319 e. The first-order valence-electron chi connectivity index (χ1n) is 4.69. The summed E-state index contributed by atoms with van der Waals surface area (Å²) in [5.74, 6) is -0.243. The molecule has 1 aromatic heterocycles. The summed E-state index contributed by atoms with van der Waals surface area (Å²) in [6.07, 6.45) is 1.65. The maximum absolute atomic E-state index is 11.3. The van der Waals surface area contributed by atoms with E-state index in [4.69, 9.17) is 10.5 Å². The zero-order valence-corrected chi connectivity index (χ0v) is 9.58. The largest absolute Gasteiger partial charge is 0.465 e. The Morgan fingerprint density at radius 2 is 2.47 bits per heavy atom. The Kier molecular flexibility index (Phi) is 4.42. The highest BCUT2D eigenvalue weighted by Crippen LogP contribution is 2.26. The van der Waals surface area contributed by atoms with E-state index < -0.39 is 0 Å². The Morgan fingerprint density at radius 1 is 1.73 bits per heavy atom. The minimum Gasteiger partial charge on any atom is -0.465 e. The second-order valence-electron chi connectivity index (χ2n) is 2.91. The molecule has 4 nitrogen and oxygen atoms in total. The number of pyridine rings is 1. The number of thioether (sulfide) groups is 1. The fourth-order valence-corrected chi connectivity index (χ4v) is 1.80. The lowest BCUT2D eigenvalue weighted by Gasteiger charge is -2.10. The molecule has 0 aromatic carbocycles. The van der Waals surface area contributed by atoms with Crippen LogP contribution in [0.1, 0.15) is 13.8 Å². The highest BCUT2D eigenvalue weighted by molar-refractivity contribution is 8.00. The molecule has 1 heterocycles. The normalized spacial score (nSPS) is 12.1. The fraction of sp³-hybridized carbons (Fsp3) is 0.400. The third-order valence-corrected chi connectivity index (χ3v) is 2.82. The van der Waals surface area contributed by atoms with Crippen LogP contribution in [0.2, 0.25) is 0 Å². The van der Waals surface area contributed by atoms with Crippen molar-refractivity contribution in [2.75, 3.05) is 12.3 Å². The molecule has 1 rings (SSSR count). The number of nitrogens with two attached hydrogens (primary N) is 1. The van der Waals surface area contributed by atoms with Crippen LogP contribution in [0, 0.1) is 0 Å². The lowest BCUT2D eigenvalue weighted by Crippen LogP contribution is -2.17. The molecule has 1 atom stereocenters. The van der Waals surface area contributed by atoms with Gasteiger partial charge < -0.3 is 10.5 Å². The third kappa shape index (κ3) is 3.43. The standard InChI is InChI=1S/C10H14N2O2S/c1-3-14-10(13)7(2)15-9-8(11)5-4-6-12-9/h4-7H,3,11H2,1-2H3. The first-order valence-corrected chi connectivity index (χ1v) is 5.57. The maximum Gasteiger partial charge on any atom is 0.319 e. The monoisotopic (exact) mass is 226 g/mol. The van der Waals surface area contributed by atoms with Gasteiger partial charge in [-0.25, -0.2) is 4.98 Å². The number of carbonyl (C=O) groups is 1. The van der Waals surface area contributed by atoms with Gasteiger partial charge in [0.15, 0.2) is 0 Å². The quantitative estimate of drug-likeness (QED) is 0.625. The van der Waals surface area contributed by atoms with Crippen molar-refractivity contribution in [2.45, 2.75) is 24.1 Å². The summed E-state index contributed by atoms with van der Waals surface area (Å²) in [6.45, 7) is 3.95. The summed E-state index contributed by atoms with van der Waals surface area (Å²) in [5.41, 5.74) is 6.29. The molecule has 0 fully saturated rings. The molecule has 0 saturated heterocycles. The Labute approximate surface area is 93.2 Å². The molecule has 0 bridgehead atoms. The number of hydrogen-bond acceptors (Lipinski definition) is 5. The molecule has 0 amide bonds. The van der Waals surface area contributed by atoms with Crippen molar-refractivity contribution in [1.82, 2.24) is 4.98 Å². The van der Waals surface area contributed by atoms with E-state index in [1.807, 2.05) is 0 Å². The van der Waals surface area contributed by atoms with Crippen LogP contribution in [0.5, 0.6) is 0 Å². The van der Waals surface area contributed by atoms with Crippen LogP contribution in [0.4, 0.5) is 5.69 Å². The van der Waals surface area contributed by atoms with E-state index in [0.717, 1.165) is 0 Å². The molecule has 0 saturated carbocycles. The third-order valence-electron chi connectivity index (χ3n) is 1.71. The van der Waals surface area contributed by atoms with Crippen molar-refractivity contribution >= 4 is 23.4 Å². The first kappa shape index (κ1) is 11.8. The summed E-state index contributed by atoms with van der Waals surface area (Å²) in [4.78, 5) is 15.4. The number of carbonyl (C=O) groups excluding carboxylic acids is 1. The van der Waals surface area contributed by atoms with Gasteiger partial charge in [0, 0.05) is 6.20 Å². The average molecular weight is 226 g/mol. The summed E-state index contributed by atoms with van der Waals surface area (Å²) >= 11 is 1.31. The number of hydrogen-bond donors (Lipinski definition) is 1. The van der Waals surface area contributed by atoms with Crippen LogP contribution < -0.4 is 5.73 Å². The second kappa shape index (κ2) is 5.60. The molecule has 1 unspecified atom stereocenters. The zero-order chi connectivity index (χ0) is 11.3. The Hall–Kier alpha value is -1.23. The van der Waals surface area contributed by atoms with Crippen molar-refractivity contribution < 1.29 is 9.53 Å². The topological polar surface area (TPSA) is 65.2 Å². The molecule has 15 heavy (non-hydrogen) atoms. The predicted molar refractivity (Wildman–Crippen MR) is 60.6 cm³/mol. The van der Waals surface area contributed by atoms with Crippen LogP contribution in [0.15, 0.2) is 23.4 Å². The molecule has 82 valence electrons. The molecule has 0 radical (unpaired) electrons. The Morgan fingerprint density at radius 3 is 3.07 bits per heavy atom. The summed E-state index contributed by atoms with van der Waals surface area (Å²) in [5, 5.41) is 0.375. The van der Waals surface area contributed by atoms with Gasteiger partial charge in [-0.2, -0.15) is 0 Å². The number of aromatic nitrogens is 1. The van der Waals surface area contributed by atoms with Gasteiger partial charge in [0.05, 0.1) is 12.3 Å². The van der Waals surface area contributed by atoms with Gasteiger partial charge in [-0.15, -0.1) is 0 Å². The van der Waals surface area contributed by atoms with Crippen LogP contribution in [-0.4, -0.2) is 22.8 Å². The molecule has 0 aliphatic carbocycles. The molecular formula is C10H14N2O2S. The van der Waals surface area contributed by atoms with Crippen LogP contribution in [-0.2, 0) is 9.53 Å². The summed E-state index contributed by atoms with van der Waals surface area (Å²) in [7, 11) is 0. The van der Waals surface area contributed by atoms with E-state index in [-0.39, 0.29) is 11.2 Å². The van der Waals surface area contributed by atoms with Crippen LogP contribution in [0.3, 0.4) is 0 Å². The molecule has 0 aliphatic rings. The van der Waals surface area contributed by atoms with Crippen molar-refractivity contribution in [1.29, 1.82) is 0 Å². The van der Waals surface area contributed by atoms with Crippen LogP contribution >= 0.6 is 11.8 Å². The van der Waals surface area contributed by atoms with Gasteiger partial charge in [-0.3, -0.25) is 4.79 Å². The van der Waals surface area contributed by atoms with E-state index in [0.29, 0.717) is 17.3 Å². The zero-order valence-electron chi connectivity index (χ0n) is 8.77. The summed E-state index contributed by atoms with van der Waals surface area (Å²) in [6, 6.07) is 3.52. The van der Waals surface area contributed by atoms with Crippen molar-refractivity contribution in [3.05, 3.63) is 18.3 Å². The fourth-order valence-electron chi connectivity index (χ4n) is 0.977. The van der Waals surface area contributed by atoms with Gasteiger partial charge in [-0.1, -0.05) is 11.8 Å². The molecular weight excluding hydrogens is 212 g/mol.